The summed E-state index contributed by atoms with van der Waals surface area (Å²) in [7, 11) is 3.50. The Morgan fingerprint density at radius 3 is 2.76 bits per heavy atom. The van der Waals surface area contributed by atoms with Gasteiger partial charge in [0.1, 0.15) is 5.82 Å². The minimum absolute atomic E-state index is 0.0501. The van der Waals surface area contributed by atoms with Crippen molar-refractivity contribution in [3.8, 4) is 5.75 Å². The van der Waals surface area contributed by atoms with Gasteiger partial charge >= 0.3 is 0 Å². The van der Waals surface area contributed by atoms with E-state index in [0.717, 1.165) is 24.4 Å². The van der Waals surface area contributed by atoms with Gasteiger partial charge in [0.15, 0.2) is 5.75 Å². The number of benzene rings is 1. The molecule has 0 saturated heterocycles. The fourth-order valence-electron chi connectivity index (χ4n) is 2.50. The van der Waals surface area contributed by atoms with Crippen LogP contribution in [0.5, 0.6) is 5.75 Å². The van der Waals surface area contributed by atoms with E-state index < -0.39 is 0 Å². The lowest BCUT2D eigenvalue weighted by atomic mass is 10.0. The van der Waals surface area contributed by atoms with Gasteiger partial charge in [-0.3, -0.25) is 4.68 Å². The molecule has 1 aromatic carbocycles. The molecule has 2 aromatic rings. The summed E-state index contributed by atoms with van der Waals surface area (Å²) in [6, 6.07) is 6.81. The van der Waals surface area contributed by atoms with Gasteiger partial charge in [-0.1, -0.05) is 25.1 Å². The second kappa shape index (κ2) is 7.22. The Hall–Kier alpha value is -1.88. The minimum atomic E-state index is -0.182. The van der Waals surface area contributed by atoms with Crippen LogP contribution in [0.3, 0.4) is 0 Å². The number of hydrogen-bond donors (Lipinski definition) is 1. The normalized spacial score (nSPS) is 12.4. The van der Waals surface area contributed by atoms with Gasteiger partial charge in [-0.05, 0) is 31.5 Å². The maximum Gasteiger partial charge on any atom is 0.161 e. The van der Waals surface area contributed by atoms with Gasteiger partial charge in [0, 0.05) is 6.54 Å². The molecule has 1 atom stereocenters. The van der Waals surface area contributed by atoms with Gasteiger partial charge in [0.05, 0.1) is 25.0 Å². The molecule has 0 saturated carbocycles. The van der Waals surface area contributed by atoms with Crippen molar-refractivity contribution in [2.45, 2.75) is 32.4 Å². The first-order valence-electron chi connectivity index (χ1n) is 7.21. The van der Waals surface area contributed by atoms with Crippen molar-refractivity contribution in [1.82, 2.24) is 15.1 Å². The first kappa shape index (κ1) is 15.5. The van der Waals surface area contributed by atoms with E-state index in [-0.39, 0.29) is 11.9 Å². The van der Waals surface area contributed by atoms with E-state index in [1.54, 1.807) is 19.4 Å². The van der Waals surface area contributed by atoms with Crippen LogP contribution in [0.1, 0.15) is 30.6 Å². The van der Waals surface area contributed by atoms with Crippen LogP contribution in [-0.4, -0.2) is 23.9 Å². The van der Waals surface area contributed by atoms with Gasteiger partial charge in [-0.2, -0.15) is 5.10 Å². The number of halogens is 1. The lowest BCUT2D eigenvalue weighted by Gasteiger charge is -2.19. The Bertz CT molecular complexity index is 583. The lowest BCUT2D eigenvalue weighted by Crippen LogP contribution is -2.23. The SMILES string of the molecule is CCCn1ncc(OC)c1C(Cc1ccccc1F)NC. The maximum absolute atomic E-state index is 13.9. The average Bonchev–Trinajstić information content (AvgIpc) is 2.90. The van der Waals surface area contributed by atoms with Crippen molar-refractivity contribution in [2.24, 2.45) is 0 Å². The highest BCUT2D eigenvalue weighted by atomic mass is 19.1. The zero-order chi connectivity index (χ0) is 15.2. The lowest BCUT2D eigenvalue weighted by molar-refractivity contribution is 0.392. The molecule has 5 heteroatoms. The molecule has 4 nitrogen and oxygen atoms in total. The van der Waals surface area contributed by atoms with Gasteiger partial charge in [0.25, 0.3) is 0 Å². The van der Waals surface area contributed by atoms with Crippen molar-refractivity contribution in [2.75, 3.05) is 14.2 Å². The number of nitrogens with zero attached hydrogens (tertiary/aromatic N) is 2. The van der Waals surface area contributed by atoms with E-state index >= 15 is 0 Å². The number of aryl methyl sites for hydroxylation is 1. The molecule has 2 rings (SSSR count). The molecule has 0 radical (unpaired) electrons. The Morgan fingerprint density at radius 2 is 2.14 bits per heavy atom. The molecule has 0 spiro atoms. The molecule has 0 bridgehead atoms. The smallest absolute Gasteiger partial charge is 0.161 e. The second-order valence-electron chi connectivity index (χ2n) is 4.96. The summed E-state index contributed by atoms with van der Waals surface area (Å²) in [6.07, 6.45) is 3.25. The quantitative estimate of drug-likeness (QED) is 0.852. The Labute approximate surface area is 124 Å². The summed E-state index contributed by atoms with van der Waals surface area (Å²) in [5.41, 5.74) is 1.65. The molecule has 0 aliphatic rings. The highest BCUT2D eigenvalue weighted by molar-refractivity contribution is 5.30. The molecule has 0 amide bonds. The molecule has 1 unspecified atom stereocenters. The molecule has 21 heavy (non-hydrogen) atoms. The highest BCUT2D eigenvalue weighted by Crippen LogP contribution is 2.28. The predicted octanol–water partition coefficient (Wildman–Crippen LogP) is 2.94. The number of hydrogen-bond acceptors (Lipinski definition) is 3. The maximum atomic E-state index is 13.9. The van der Waals surface area contributed by atoms with E-state index in [2.05, 4.69) is 17.3 Å². The predicted molar refractivity (Wildman–Crippen MR) is 81.0 cm³/mol. The molecule has 1 heterocycles. The summed E-state index contributed by atoms with van der Waals surface area (Å²) in [5.74, 6) is 0.553. The van der Waals surface area contributed by atoms with Crippen LogP contribution < -0.4 is 10.1 Å². The summed E-state index contributed by atoms with van der Waals surface area (Å²) < 4.78 is 21.2. The Morgan fingerprint density at radius 1 is 1.38 bits per heavy atom. The van der Waals surface area contributed by atoms with E-state index in [4.69, 9.17) is 4.74 Å². The van der Waals surface area contributed by atoms with Crippen LogP contribution in [-0.2, 0) is 13.0 Å². The number of ether oxygens (including phenoxy) is 1. The topological polar surface area (TPSA) is 39.1 Å². The fourth-order valence-corrected chi connectivity index (χ4v) is 2.50. The van der Waals surface area contributed by atoms with Crippen molar-refractivity contribution >= 4 is 0 Å². The third kappa shape index (κ3) is 3.42. The third-order valence-electron chi connectivity index (χ3n) is 3.56. The van der Waals surface area contributed by atoms with E-state index in [1.807, 2.05) is 23.9 Å². The van der Waals surface area contributed by atoms with Crippen LogP contribution in [0.2, 0.25) is 0 Å². The molecule has 114 valence electrons. The molecule has 0 aliphatic heterocycles. The van der Waals surface area contributed by atoms with Gasteiger partial charge in [-0.25, -0.2) is 4.39 Å². The average molecular weight is 291 g/mol. The van der Waals surface area contributed by atoms with Crippen LogP contribution in [0, 0.1) is 5.82 Å². The highest BCUT2D eigenvalue weighted by Gasteiger charge is 2.21. The number of nitrogens with one attached hydrogen (secondary N) is 1. The Kier molecular flexibility index (Phi) is 5.33. The van der Waals surface area contributed by atoms with Crippen molar-refractivity contribution in [3.05, 3.63) is 47.5 Å². The zero-order valence-corrected chi connectivity index (χ0v) is 12.8. The van der Waals surface area contributed by atoms with Crippen LogP contribution in [0.15, 0.2) is 30.5 Å². The fraction of sp³-hybridized carbons (Fsp3) is 0.438. The molecule has 1 N–H and O–H groups in total. The van der Waals surface area contributed by atoms with Crippen molar-refractivity contribution < 1.29 is 9.13 Å². The van der Waals surface area contributed by atoms with Crippen molar-refractivity contribution in [3.63, 3.8) is 0 Å². The van der Waals surface area contributed by atoms with Crippen LogP contribution >= 0.6 is 0 Å². The largest absolute Gasteiger partial charge is 0.493 e. The van der Waals surface area contributed by atoms with Gasteiger partial charge < -0.3 is 10.1 Å². The monoisotopic (exact) mass is 291 g/mol. The molecular formula is C16H22FN3O. The van der Waals surface area contributed by atoms with Crippen LogP contribution in [0.4, 0.5) is 4.39 Å². The molecule has 0 aliphatic carbocycles. The summed E-state index contributed by atoms with van der Waals surface area (Å²) in [4.78, 5) is 0. The van der Waals surface area contributed by atoms with Crippen LogP contribution in [0.25, 0.3) is 0 Å². The molecule has 0 fully saturated rings. The van der Waals surface area contributed by atoms with Crippen molar-refractivity contribution in [1.29, 1.82) is 0 Å². The number of likely N-dealkylation sites (N-methyl/N-ethyl adjacent to an activating group) is 1. The third-order valence-corrected chi connectivity index (χ3v) is 3.56. The first-order valence-corrected chi connectivity index (χ1v) is 7.21. The van der Waals surface area contributed by atoms with E-state index in [0.29, 0.717) is 12.0 Å². The number of aromatic nitrogens is 2. The standard InChI is InChI=1S/C16H22FN3O/c1-4-9-20-16(15(21-3)11-19-20)14(18-2)10-12-7-5-6-8-13(12)17/h5-8,11,14,18H,4,9-10H2,1-3H3. The number of methoxy groups -OCH3 is 1. The summed E-state index contributed by atoms with van der Waals surface area (Å²) >= 11 is 0. The van der Waals surface area contributed by atoms with Gasteiger partial charge in [-0.15, -0.1) is 0 Å². The van der Waals surface area contributed by atoms with E-state index in [1.165, 1.54) is 6.07 Å². The summed E-state index contributed by atoms with van der Waals surface area (Å²) in [6.45, 7) is 2.91. The molecular weight excluding hydrogens is 269 g/mol. The Balaban J connectivity index is 2.32. The number of rotatable bonds is 7. The second-order valence-corrected chi connectivity index (χ2v) is 4.96. The summed E-state index contributed by atoms with van der Waals surface area (Å²) in [5, 5.41) is 7.61. The van der Waals surface area contributed by atoms with Gasteiger partial charge in [0.2, 0.25) is 0 Å². The molecule has 1 aromatic heterocycles. The van der Waals surface area contributed by atoms with E-state index in [9.17, 15) is 4.39 Å². The zero-order valence-electron chi connectivity index (χ0n) is 12.8. The minimum Gasteiger partial charge on any atom is -0.493 e. The first-order chi connectivity index (χ1) is 10.2.